The SMILES string of the molecule is CC(=O)NOCCCOc1ccc(C)c(C)c1. The Bertz CT molecular complexity index is 377. The normalized spacial score (nSPS) is 10.1. The van der Waals surface area contributed by atoms with Crippen LogP contribution in [0.15, 0.2) is 18.2 Å². The van der Waals surface area contributed by atoms with Crippen LogP contribution in [0.4, 0.5) is 0 Å². The highest BCUT2D eigenvalue weighted by Crippen LogP contribution is 2.16. The van der Waals surface area contributed by atoms with Gasteiger partial charge in [-0.1, -0.05) is 6.07 Å². The molecule has 0 aromatic heterocycles. The molecule has 94 valence electrons. The summed E-state index contributed by atoms with van der Waals surface area (Å²) < 4.78 is 5.56. The Hall–Kier alpha value is -1.55. The summed E-state index contributed by atoms with van der Waals surface area (Å²) >= 11 is 0. The molecule has 0 aliphatic heterocycles. The summed E-state index contributed by atoms with van der Waals surface area (Å²) in [6.45, 7) is 6.56. The van der Waals surface area contributed by atoms with E-state index in [1.165, 1.54) is 18.1 Å². The van der Waals surface area contributed by atoms with Gasteiger partial charge in [0.1, 0.15) is 5.75 Å². The summed E-state index contributed by atoms with van der Waals surface area (Å²) in [5, 5.41) is 0. The Morgan fingerprint density at radius 2 is 2.00 bits per heavy atom. The van der Waals surface area contributed by atoms with Gasteiger partial charge in [-0.2, -0.15) is 0 Å². The van der Waals surface area contributed by atoms with Gasteiger partial charge in [-0.05, 0) is 37.1 Å². The molecule has 0 fully saturated rings. The molecule has 0 saturated carbocycles. The predicted octanol–water partition coefficient (Wildman–Crippen LogP) is 2.14. The van der Waals surface area contributed by atoms with Gasteiger partial charge in [-0.15, -0.1) is 0 Å². The number of benzene rings is 1. The first kappa shape index (κ1) is 13.5. The second kappa shape index (κ2) is 6.91. The summed E-state index contributed by atoms with van der Waals surface area (Å²) in [6.07, 6.45) is 0.729. The van der Waals surface area contributed by atoms with Crippen LogP contribution in [0.25, 0.3) is 0 Å². The molecule has 1 rings (SSSR count). The van der Waals surface area contributed by atoms with E-state index in [2.05, 4.69) is 19.3 Å². The number of hydrogen-bond donors (Lipinski definition) is 1. The molecule has 0 radical (unpaired) electrons. The number of rotatable bonds is 6. The number of aryl methyl sites for hydroxylation is 2. The number of ether oxygens (including phenoxy) is 1. The Balaban J connectivity index is 2.18. The number of carbonyl (C=O) groups is 1. The van der Waals surface area contributed by atoms with Crippen LogP contribution in [-0.2, 0) is 9.63 Å². The van der Waals surface area contributed by atoms with Crippen molar-refractivity contribution in [2.75, 3.05) is 13.2 Å². The van der Waals surface area contributed by atoms with E-state index in [0.717, 1.165) is 12.2 Å². The van der Waals surface area contributed by atoms with Crippen LogP contribution in [0.3, 0.4) is 0 Å². The van der Waals surface area contributed by atoms with Crippen LogP contribution in [0, 0.1) is 13.8 Å². The first-order valence-corrected chi connectivity index (χ1v) is 5.68. The van der Waals surface area contributed by atoms with Crippen LogP contribution in [0.5, 0.6) is 5.75 Å². The maximum absolute atomic E-state index is 10.5. The van der Waals surface area contributed by atoms with Crippen molar-refractivity contribution >= 4 is 5.91 Å². The summed E-state index contributed by atoms with van der Waals surface area (Å²) in [5.41, 5.74) is 4.74. The standard InChI is InChI=1S/C13H19NO3/c1-10-5-6-13(9-11(10)2)16-7-4-8-17-14-12(3)15/h5-6,9H,4,7-8H2,1-3H3,(H,14,15). The van der Waals surface area contributed by atoms with E-state index in [9.17, 15) is 4.79 Å². The molecule has 4 nitrogen and oxygen atoms in total. The summed E-state index contributed by atoms with van der Waals surface area (Å²) in [5.74, 6) is 0.674. The predicted molar refractivity (Wildman–Crippen MR) is 65.8 cm³/mol. The average molecular weight is 237 g/mol. The van der Waals surface area contributed by atoms with E-state index in [1.807, 2.05) is 18.2 Å². The van der Waals surface area contributed by atoms with Gasteiger partial charge in [0, 0.05) is 13.3 Å². The number of nitrogens with one attached hydrogen (secondary N) is 1. The van der Waals surface area contributed by atoms with Crippen molar-refractivity contribution in [3.05, 3.63) is 29.3 Å². The fraction of sp³-hybridized carbons (Fsp3) is 0.462. The molecule has 1 aromatic carbocycles. The number of hydrogen-bond acceptors (Lipinski definition) is 3. The summed E-state index contributed by atoms with van der Waals surface area (Å²) in [6, 6.07) is 6.01. The van der Waals surface area contributed by atoms with Gasteiger partial charge in [-0.25, -0.2) is 5.48 Å². The van der Waals surface area contributed by atoms with Crippen molar-refractivity contribution in [1.82, 2.24) is 5.48 Å². The van der Waals surface area contributed by atoms with Crippen molar-refractivity contribution in [2.24, 2.45) is 0 Å². The van der Waals surface area contributed by atoms with Gasteiger partial charge in [0.2, 0.25) is 5.91 Å². The number of carbonyl (C=O) groups excluding carboxylic acids is 1. The highest BCUT2D eigenvalue weighted by atomic mass is 16.6. The van der Waals surface area contributed by atoms with E-state index < -0.39 is 0 Å². The highest BCUT2D eigenvalue weighted by Gasteiger charge is 1.97. The quantitative estimate of drug-likeness (QED) is 0.609. The Morgan fingerprint density at radius 3 is 2.65 bits per heavy atom. The van der Waals surface area contributed by atoms with E-state index in [4.69, 9.17) is 9.57 Å². The van der Waals surface area contributed by atoms with Crippen LogP contribution in [-0.4, -0.2) is 19.1 Å². The van der Waals surface area contributed by atoms with E-state index in [0.29, 0.717) is 13.2 Å². The molecule has 0 saturated heterocycles. The zero-order chi connectivity index (χ0) is 12.7. The zero-order valence-corrected chi connectivity index (χ0v) is 10.6. The van der Waals surface area contributed by atoms with Gasteiger partial charge in [0.15, 0.2) is 0 Å². The van der Waals surface area contributed by atoms with E-state index in [1.54, 1.807) is 0 Å². The molecule has 0 spiro atoms. The van der Waals surface area contributed by atoms with Crippen molar-refractivity contribution < 1.29 is 14.4 Å². The number of amides is 1. The van der Waals surface area contributed by atoms with Crippen molar-refractivity contribution in [2.45, 2.75) is 27.2 Å². The van der Waals surface area contributed by atoms with Crippen LogP contribution < -0.4 is 10.2 Å². The molecule has 17 heavy (non-hydrogen) atoms. The highest BCUT2D eigenvalue weighted by molar-refractivity contribution is 5.71. The molecule has 0 unspecified atom stereocenters. The largest absolute Gasteiger partial charge is 0.493 e. The second-order valence-electron chi connectivity index (χ2n) is 3.95. The third kappa shape index (κ3) is 5.36. The lowest BCUT2D eigenvalue weighted by Gasteiger charge is -2.08. The van der Waals surface area contributed by atoms with Crippen LogP contribution >= 0.6 is 0 Å². The molecular weight excluding hydrogens is 218 g/mol. The summed E-state index contributed by atoms with van der Waals surface area (Å²) in [4.78, 5) is 15.4. The van der Waals surface area contributed by atoms with Gasteiger partial charge >= 0.3 is 0 Å². The lowest BCUT2D eigenvalue weighted by atomic mass is 10.1. The molecule has 0 aliphatic rings. The third-order valence-corrected chi connectivity index (χ3v) is 2.35. The first-order chi connectivity index (χ1) is 8.09. The molecule has 1 N–H and O–H groups in total. The van der Waals surface area contributed by atoms with Gasteiger partial charge < -0.3 is 4.74 Å². The zero-order valence-electron chi connectivity index (χ0n) is 10.6. The lowest BCUT2D eigenvalue weighted by Crippen LogP contribution is -2.21. The Labute approximate surface area is 102 Å². The molecular formula is C13H19NO3. The molecule has 4 heteroatoms. The minimum atomic E-state index is -0.194. The average Bonchev–Trinajstić information content (AvgIpc) is 2.27. The number of hydroxylamine groups is 1. The molecule has 0 heterocycles. The monoisotopic (exact) mass is 237 g/mol. The maximum Gasteiger partial charge on any atom is 0.240 e. The lowest BCUT2D eigenvalue weighted by molar-refractivity contribution is -0.131. The minimum absolute atomic E-state index is 0.194. The van der Waals surface area contributed by atoms with Gasteiger partial charge in [0.05, 0.1) is 13.2 Å². The first-order valence-electron chi connectivity index (χ1n) is 5.68. The molecule has 0 aliphatic carbocycles. The van der Waals surface area contributed by atoms with Crippen LogP contribution in [0.1, 0.15) is 24.5 Å². The fourth-order valence-corrected chi connectivity index (χ4v) is 1.28. The van der Waals surface area contributed by atoms with Crippen LogP contribution in [0.2, 0.25) is 0 Å². The maximum atomic E-state index is 10.5. The molecule has 0 bridgehead atoms. The molecule has 1 amide bonds. The van der Waals surface area contributed by atoms with Gasteiger partial charge in [0.25, 0.3) is 0 Å². The van der Waals surface area contributed by atoms with E-state index >= 15 is 0 Å². The smallest absolute Gasteiger partial charge is 0.240 e. The third-order valence-electron chi connectivity index (χ3n) is 2.35. The van der Waals surface area contributed by atoms with Crippen molar-refractivity contribution in [3.63, 3.8) is 0 Å². The topological polar surface area (TPSA) is 47.6 Å². The van der Waals surface area contributed by atoms with E-state index in [-0.39, 0.29) is 5.91 Å². The Morgan fingerprint density at radius 1 is 1.24 bits per heavy atom. The van der Waals surface area contributed by atoms with Gasteiger partial charge in [-0.3, -0.25) is 9.63 Å². The van der Waals surface area contributed by atoms with Crippen molar-refractivity contribution in [3.8, 4) is 5.75 Å². The summed E-state index contributed by atoms with van der Waals surface area (Å²) in [7, 11) is 0. The minimum Gasteiger partial charge on any atom is -0.493 e. The molecule has 0 atom stereocenters. The molecule has 1 aromatic rings. The Kier molecular flexibility index (Phi) is 5.49. The fourth-order valence-electron chi connectivity index (χ4n) is 1.28. The van der Waals surface area contributed by atoms with Crippen molar-refractivity contribution in [1.29, 1.82) is 0 Å². The second-order valence-corrected chi connectivity index (χ2v) is 3.95.